The lowest BCUT2D eigenvalue weighted by Crippen LogP contribution is -2.11. The van der Waals surface area contributed by atoms with Crippen molar-refractivity contribution >= 4 is 23.0 Å². The van der Waals surface area contributed by atoms with Gasteiger partial charge in [0.1, 0.15) is 11.7 Å². The molecule has 2 heterocycles. The molecule has 0 saturated heterocycles. The van der Waals surface area contributed by atoms with Gasteiger partial charge in [0.15, 0.2) is 5.15 Å². The van der Waals surface area contributed by atoms with Crippen molar-refractivity contribution in [3.05, 3.63) is 34.9 Å². The van der Waals surface area contributed by atoms with Crippen LogP contribution >= 0.6 is 11.6 Å². The first-order valence-electron chi connectivity index (χ1n) is 4.08. The molecule has 0 aliphatic rings. The summed E-state index contributed by atoms with van der Waals surface area (Å²) in [6.45, 7) is 1.85. The molecule has 2 aromatic heterocycles. The zero-order valence-electron chi connectivity index (χ0n) is 7.58. The zero-order chi connectivity index (χ0) is 10.3. The van der Waals surface area contributed by atoms with Crippen molar-refractivity contribution < 1.29 is 0 Å². The van der Waals surface area contributed by atoms with Crippen LogP contribution in [0.1, 0.15) is 11.4 Å². The topological polar surface area (TPSA) is 67.2 Å². The molecule has 14 heavy (non-hydrogen) atoms. The first kappa shape index (κ1) is 9.02. The van der Waals surface area contributed by atoms with Gasteiger partial charge in [-0.2, -0.15) is 0 Å². The van der Waals surface area contributed by atoms with E-state index in [2.05, 4.69) is 4.98 Å². The third-order valence-corrected chi connectivity index (χ3v) is 2.36. The first-order valence-corrected chi connectivity index (χ1v) is 4.46. The normalized spacial score (nSPS) is 10.7. The molecule has 0 saturated carbocycles. The lowest BCUT2D eigenvalue weighted by atomic mass is 10.2. The lowest BCUT2D eigenvalue weighted by Gasteiger charge is -2.00. The number of amidine groups is 1. The Morgan fingerprint density at radius 2 is 2.29 bits per heavy atom. The molecule has 2 aromatic rings. The number of aromatic nitrogens is 2. The van der Waals surface area contributed by atoms with Gasteiger partial charge < -0.3 is 10.1 Å². The van der Waals surface area contributed by atoms with Crippen LogP contribution in [-0.2, 0) is 0 Å². The van der Waals surface area contributed by atoms with Gasteiger partial charge in [0, 0.05) is 11.8 Å². The van der Waals surface area contributed by atoms with Gasteiger partial charge in [-0.25, -0.2) is 4.98 Å². The van der Waals surface area contributed by atoms with Crippen molar-refractivity contribution in [3.63, 3.8) is 0 Å². The van der Waals surface area contributed by atoms with Crippen LogP contribution in [0.15, 0.2) is 18.3 Å². The summed E-state index contributed by atoms with van der Waals surface area (Å²) < 4.78 is 1.82. The van der Waals surface area contributed by atoms with E-state index in [0.717, 1.165) is 11.3 Å². The quantitative estimate of drug-likeness (QED) is 0.552. The van der Waals surface area contributed by atoms with Crippen LogP contribution in [0.2, 0.25) is 5.15 Å². The molecule has 0 aliphatic heterocycles. The van der Waals surface area contributed by atoms with E-state index in [9.17, 15) is 0 Å². The van der Waals surface area contributed by atoms with Crippen LogP contribution in [0.25, 0.3) is 5.52 Å². The van der Waals surface area contributed by atoms with Gasteiger partial charge in [-0.15, -0.1) is 0 Å². The fourth-order valence-electron chi connectivity index (χ4n) is 1.35. The van der Waals surface area contributed by atoms with Crippen LogP contribution in [-0.4, -0.2) is 15.2 Å². The highest BCUT2D eigenvalue weighted by atomic mass is 35.5. The van der Waals surface area contributed by atoms with Gasteiger partial charge >= 0.3 is 0 Å². The van der Waals surface area contributed by atoms with Gasteiger partial charge in [-0.05, 0) is 19.1 Å². The van der Waals surface area contributed by atoms with Crippen molar-refractivity contribution in [2.24, 2.45) is 5.73 Å². The maximum atomic E-state index is 7.30. The summed E-state index contributed by atoms with van der Waals surface area (Å²) in [4.78, 5) is 4.11. The highest BCUT2D eigenvalue weighted by molar-refractivity contribution is 6.32. The highest BCUT2D eigenvalue weighted by Gasteiger charge is 2.06. The minimum Gasteiger partial charge on any atom is -0.384 e. The fraction of sp³-hybridized carbons (Fsp3) is 0.111. The largest absolute Gasteiger partial charge is 0.384 e. The molecule has 0 aromatic carbocycles. The van der Waals surface area contributed by atoms with Crippen molar-refractivity contribution in [1.29, 1.82) is 5.41 Å². The van der Waals surface area contributed by atoms with Gasteiger partial charge in [0.05, 0.1) is 5.52 Å². The van der Waals surface area contributed by atoms with Crippen molar-refractivity contribution in [2.45, 2.75) is 6.92 Å². The number of nitrogens with two attached hydrogens (primary N) is 1. The number of rotatable bonds is 1. The molecule has 0 atom stereocenters. The van der Waals surface area contributed by atoms with E-state index < -0.39 is 0 Å². The molecule has 0 amide bonds. The molecule has 4 nitrogen and oxygen atoms in total. The molecule has 5 heteroatoms. The summed E-state index contributed by atoms with van der Waals surface area (Å²) in [5.41, 5.74) is 6.87. The molecule has 0 aliphatic carbocycles. The Kier molecular flexibility index (Phi) is 1.93. The van der Waals surface area contributed by atoms with E-state index >= 15 is 0 Å². The Bertz CT molecular complexity index is 515. The highest BCUT2D eigenvalue weighted by Crippen LogP contribution is 2.18. The molecule has 3 N–H and O–H groups in total. The molecule has 0 unspecified atom stereocenters. The third-order valence-electron chi connectivity index (χ3n) is 2.08. The monoisotopic (exact) mass is 208 g/mol. The Labute approximate surface area is 85.8 Å². The van der Waals surface area contributed by atoms with E-state index in [0.29, 0.717) is 10.7 Å². The van der Waals surface area contributed by atoms with Crippen LogP contribution in [0.5, 0.6) is 0 Å². The van der Waals surface area contributed by atoms with Crippen molar-refractivity contribution in [1.82, 2.24) is 9.38 Å². The number of hydrogen-bond donors (Lipinski definition) is 2. The number of halogens is 1. The summed E-state index contributed by atoms with van der Waals surface area (Å²) in [7, 11) is 0. The van der Waals surface area contributed by atoms with E-state index in [1.54, 1.807) is 18.3 Å². The minimum absolute atomic E-state index is 0.0381. The smallest absolute Gasteiger partial charge is 0.155 e. The Balaban J connectivity index is 2.77. The third kappa shape index (κ3) is 1.24. The molecule has 0 spiro atoms. The Hall–Kier alpha value is -1.55. The maximum absolute atomic E-state index is 7.30. The van der Waals surface area contributed by atoms with Gasteiger partial charge in [-0.1, -0.05) is 11.6 Å². The maximum Gasteiger partial charge on any atom is 0.155 e. The van der Waals surface area contributed by atoms with E-state index in [1.165, 1.54) is 0 Å². The van der Waals surface area contributed by atoms with E-state index in [4.69, 9.17) is 22.7 Å². The van der Waals surface area contributed by atoms with E-state index in [-0.39, 0.29) is 5.84 Å². The average Bonchev–Trinajstić information content (AvgIpc) is 2.42. The number of nitrogens with zero attached hydrogens (tertiary/aromatic N) is 2. The van der Waals surface area contributed by atoms with E-state index in [1.807, 2.05) is 11.3 Å². The van der Waals surface area contributed by atoms with Crippen LogP contribution in [0.4, 0.5) is 0 Å². The number of nitrogen functional groups attached to an aromatic ring is 1. The second kappa shape index (κ2) is 2.99. The second-order valence-electron chi connectivity index (χ2n) is 3.04. The number of aryl methyl sites for hydroxylation is 1. The molecule has 0 radical (unpaired) electrons. The fourth-order valence-corrected chi connectivity index (χ4v) is 1.63. The van der Waals surface area contributed by atoms with Crippen molar-refractivity contribution in [2.75, 3.05) is 0 Å². The number of pyridine rings is 1. The zero-order valence-corrected chi connectivity index (χ0v) is 8.34. The summed E-state index contributed by atoms with van der Waals surface area (Å²) in [5, 5.41) is 7.77. The van der Waals surface area contributed by atoms with Gasteiger partial charge in [-0.3, -0.25) is 5.41 Å². The van der Waals surface area contributed by atoms with Crippen LogP contribution in [0, 0.1) is 12.3 Å². The predicted octanol–water partition coefficient (Wildman–Crippen LogP) is 1.58. The van der Waals surface area contributed by atoms with Crippen LogP contribution in [0.3, 0.4) is 0 Å². The van der Waals surface area contributed by atoms with Gasteiger partial charge in [0.2, 0.25) is 0 Å². The molecule has 72 valence electrons. The molecular weight excluding hydrogens is 200 g/mol. The van der Waals surface area contributed by atoms with Crippen LogP contribution < -0.4 is 5.73 Å². The molecule has 0 fully saturated rings. The minimum atomic E-state index is 0.0381. The Morgan fingerprint density at radius 3 is 2.93 bits per heavy atom. The van der Waals surface area contributed by atoms with Gasteiger partial charge in [0.25, 0.3) is 0 Å². The molecular formula is C9H9ClN4. The summed E-state index contributed by atoms with van der Waals surface area (Å²) in [6.07, 6.45) is 1.76. The molecule has 2 rings (SSSR count). The second-order valence-corrected chi connectivity index (χ2v) is 3.39. The van der Waals surface area contributed by atoms with Crippen molar-refractivity contribution in [3.8, 4) is 0 Å². The number of fused-ring (bicyclic) bond motifs is 1. The number of hydrogen-bond acceptors (Lipinski definition) is 2. The summed E-state index contributed by atoms with van der Waals surface area (Å²) in [6, 6.07) is 3.56. The first-order chi connectivity index (χ1) is 6.59. The SMILES string of the molecule is Cc1nc(Cl)c2ccc(C(=N)N)cn12. The number of nitrogens with one attached hydrogen (secondary N) is 1. The lowest BCUT2D eigenvalue weighted by molar-refractivity contribution is 1.04. The Morgan fingerprint density at radius 1 is 1.57 bits per heavy atom. The summed E-state index contributed by atoms with van der Waals surface area (Å²) >= 11 is 5.89. The number of imidazole rings is 1. The molecule has 0 bridgehead atoms. The average molecular weight is 209 g/mol. The summed E-state index contributed by atoms with van der Waals surface area (Å²) in [5.74, 6) is 0.823. The predicted molar refractivity (Wildman–Crippen MR) is 56.0 cm³/mol. The standard InChI is InChI=1S/C9H9ClN4/c1-5-13-8(10)7-3-2-6(9(11)12)4-14(5)7/h2-4H,1H3,(H3,11,12).